The number of hydrogen-bond donors (Lipinski definition) is 0. The summed E-state index contributed by atoms with van der Waals surface area (Å²) in [5, 5.41) is 0. The highest BCUT2D eigenvalue weighted by molar-refractivity contribution is 5.70. The molecule has 0 aromatic heterocycles. The first kappa shape index (κ1) is 58.0. The number of rotatable bonds is 43. The smallest absolute Gasteiger partial charge is 0.306 e. The highest BCUT2D eigenvalue weighted by atomic mass is 16.6. The van der Waals surface area contributed by atoms with Gasteiger partial charge in [-0.2, -0.15) is 0 Å². The Balaban J connectivity index is 4.47. The van der Waals surface area contributed by atoms with Gasteiger partial charge < -0.3 is 14.2 Å². The van der Waals surface area contributed by atoms with Crippen LogP contribution < -0.4 is 0 Å². The molecule has 0 spiro atoms. The van der Waals surface area contributed by atoms with Gasteiger partial charge in [0.2, 0.25) is 0 Å². The van der Waals surface area contributed by atoms with Crippen molar-refractivity contribution in [2.24, 2.45) is 0 Å². The number of ether oxygens (including phenoxy) is 3. The van der Waals surface area contributed by atoms with Gasteiger partial charge in [-0.1, -0.05) is 212 Å². The van der Waals surface area contributed by atoms with Crippen molar-refractivity contribution in [1.82, 2.24) is 0 Å². The Labute approximate surface area is 381 Å². The summed E-state index contributed by atoms with van der Waals surface area (Å²) in [6.07, 6.45) is 73.3. The summed E-state index contributed by atoms with van der Waals surface area (Å²) in [6, 6.07) is 0. The summed E-state index contributed by atoms with van der Waals surface area (Å²) < 4.78 is 17.2. The molecule has 348 valence electrons. The fourth-order valence-electron chi connectivity index (χ4n) is 6.10. The molecule has 0 aliphatic carbocycles. The Morgan fingerprint density at radius 2 is 0.742 bits per heavy atom. The maximum atomic E-state index is 12.7. The molecule has 62 heavy (non-hydrogen) atoms. The van der Waals surface area contributed by atoms with Crippen LogP contribution in [0, 0.1) is 0 Å². The van der Waals surface area contributed by atoms with Gasteiger partial charge in [0.25, 0.3) is 0 Å². The molecule has 0 saturated carbocycles. The zero-order valence-electron chi connectivity index (χ0n) is 39.8. The van der Waals surface area contributed by atoms with Gasteiger partial charge in [-0.15, -0.1) is 0 Å². The van der Waals surface area contributed by atoms with Crippen molar-refractivity contribution in [1.29, 1.82) is 0 Å². The van der Waals surface area contributed by atoms with Gasteiger partial charge >= 0.3 is 11.9 Å². The Kier molecular flexibility index (Phi) is 48.1. The van der Waals surface area contributed by atoms with Gasteiger partial charge in [0.05, 0.1) is 6.61 Å². The monoisotopic (exact) mass is 855 g/mol. The highest BCUT2D eigenvalue weighted by Gasteiger charge is 2.17. The fourth-order valence-corrected chi connectivity index (χ4v) is 6.10. The van der Waals surface area contributed by atoms with E-state index in [0.29, 0.717) is 25.9 Å². The van der Waals surface area contributed by atoms with Crippen LogP contribution in [-0.2, 0) is 23.8 Å². The van der Waals surface area contributed by atoms with E-state index in [1.807, 2.05) is 6.08 Å². The number of hydrogen-bond acceptors (Lipinski definition) is 5. The summed E-state index contributed by atoms with van der Waals surface area (Å²) in [4.78, 5) is 25.3. The molecule has 0 heterocycles. The van der Waals surface area contributed by atoms with E-state index in [-0.39, 0.29) is 31.6 Å². The number of unbranched alkanes of at least 4 members (excludes halogenated alkanes) is 10. The predicted octanol–water partition coefficient (Wildman–Crippen LogP) is 16.8. The van der Waals surface area contributed by atoms with E-state index in [1.54, 1.807) is 0 Å². The maximum absolute atomic E-state index is 12.7. The minimum atomic E-state index is -0.603. The molecular weight excluding hydrogens is 765 g/mol. The van der Waals surface area contributed by atoms with Crippen molar-refractivity contribution in [2.45, 2.75) is 194 Å². The van der Waals surface area contributed by atoms with Crippen molar-refractivity contribution < 1.29 is 23.8 Å². The second-order valence-electron chi connectivity index (χ2n) is 15.6. The molecule has 0 amide bonds. The number of esters is 2. The predicted molar refractivity (Wildman–Crippen MR) is 269 cm³/mol. The molecule has 1 unspecified atom stereocenters. The van der Waals surface area contributed by atoms with Crippen LogP contribution in [0.2, 0.25) is 0 Å². The lowest BCUT2D eigenvalue weighted by molar-refractivity contribution is -0.162. The third-order valence-corrected chi connectivity index (χ3v) is 9.70. The molecule has 0 saturated heterocycles. The standard InChI is InChI=1S/C57H90O5/c1-4-7-10-13-16-19-22-24-26-28-29-31-32-34-36-38-41-44-47-50-56(58)61-54-55(53-60-52-49-46-43-40-21-18-15-12-9-6-3)62-57(59)51-48-45-42-39-37-35-33-30-27-25-23-20-17-14-11-8-5-2/h7-8,10-11,16-17,19-20,24-27,29,31,33-36,39,41-42,44,55H,4-6,9,12-15,18,21-23,28,30,32,37-38,40,43,45-54H2,1-3H3/b10-7-,11-8-,19-16-,20-17-,26-24-,27-25-,31-29-,35-33-,36-34-,42-39-,44-41-. The van der Waals surface area contributed by atoms with Crippen molar-refractivity contribution in [2.75, 3.05) is 19.8 Å². The van der Waals surface area contributed by atoms with E-state index in [4.69, 9.17) is 14.2 Å². The lowest BCUT2D eigenvalue weighted by Crippen LogP contribution is -2.30. The molecule has 0 radical (unpaired) electrons. The number of carbonyl (C=O) groups excluding carboxylic acids is 2. The zero-order chi connectivity index (χ0) is 44.9. The van der Waals surface area contributed by atoms with Crippen molar-refractivity contribution in [3.63, 3.8) is 0 Å². The fraction of sp³-hybridized carbons (Fsp3) is 0.579. The molecule has 1 atom stereocenters. The SMILES string of the molecule is CC/C=C\C/C=C\C/C=C\C/C=C\C/C=C\C/C=C\CCC(=O)OCC(COCCCCCCCCCCCC)OC(=O)CCC/C=C\C/C=C\C/C=C\C/C=C\C/C=C\CC. The van der Waals surface area contributed by atoms with Gasteiger partial charge in [-0.25, -0.2) is 0 Å². The molecule has 0 aromatic carbocycles. The van der Waals surface area contributed by atoms with Crippen LogP contribution in [0.3, 0.4) is 0 Å². The van der Waals surface area contributed by atoms with E-state index in [9.17, 15) is 9.59 Å². The quantitative estimate of drug-likeness (QED) is 0.0347. The van der Waals surface area contributed by atoms with E-state index < -0.39 is 6.10 Å². The van der Waals surface area contributed by atoms with Gasteiger partial charge in [-0.05, 0) is 96.3 Å². The Morgan fingerprint density at radius 1 is 0.371 bits per heavy atom. The van der Waals surface area contributed by atoms with Crippen LogP contribution in [0.5, 0.6) is 0 Å². The molecule has 0 rings (SSSR count). The van der Waals surface area contributed by atoms with Crippen LogP contribution in [-0.4, -0.2) is 37.9 Å². The summed E-state index contributed by atoms with van der Waals surface area (Å²) in [7, 11) is 0. The summed E-state index contributed by atoms with van der Waals surface area (Å²) >= 11 is 0. The first-order valence-electron chi connectivity index (χ1n) is 24.7. The molecule has 0 aliphatic rings. The second kappa shape index (κ2) is 51.4. The lowest BCUT2D eigenvalue weighted by Gasteiger charge is -2.18. The first-order valence-corrected chi connectivity index (χ1v) is 24.7. The molecule has 5 heteroatoms. The molecule has 0 N–H and O–H groups in total. The van der Waals surface area contributed by atoms with Crippen LogP contribution >= 0.6 is 0 Å². The zero-order valence-corrected chi connectivity index (χ0v) is 39.8. The molecular formula is C57H90O5. The normalized spacial score (nSPS) is 13.4. The lowest BCUT2D eigenvalue weighted by atomic mass is 10.1. The second-order valence-corrected chi connectivity index (χ2v) is 15.6. The van der Waals surface area contributed by atoms with Crippen LogP contribution in [0.1, 0.15) is 188 Å². The van der Waals surface area contributed by atoms with E-state index >= 15 is 0 Å². The van der Waals surface area contributed by atoms with Gasteiger partial charge in [0.1, 0.15) is 6.61 Å². The third-order valence-electron chi connectivity index (χ3n) is 9.70. The van der Waals surface area contributed by atoms with Crippen molar-refractivity contribution >= 4 is 11.9 Å². The first-order chi connectivity index (χ1) is 30.6. The molecule has 5 nitrogen and oxygen atoms in total. The van der Waals surface area contributed by atoms with Gasteiger partial charge in [0, 0.05) is 19.4 Å². The van der Waals surface area contributed by atoms with Crippen LogP contribution in [0.15, 0.2) is 134 Å². The minimum Gasteiger partial charge on any atom is -0.462 e. The van der Waals surface area contributed by atoms with Gasteiger partial charge in [-0.3, -0.25) is 9.59 Å². The average Bonchev–Trinajstić information content (AvgIpc) is 3.27. The maximum Gasteiger partial charge on any atom is 0.306 e. The summed E-state index contributed by atoms with van der Waals surface area (Å²) in [6.45, 7) is 7.43. The summed E-state index contributed by atoms with van der Waals surface area (Å²) in [5.74, 6) is -0.572. The molecule has 0 bridgehead atoms. The van der Waals surface area contributed by atoms with Crippen molar-refractivity contribution in [3.05, 3.63) is 134 Å². The minimum absolute atomic E-state index is 0.0150. The average molecular weight is 855 g/mol. The van der Waals surface area contributed by atoms with E-state index in [2.05, 4.69) is 148 Å². The summed E-state index contributed by atoms with van der Waals surface area (Å²) in [5.41, 5.74) is 0. The van der Waals surface area contributed by atoms with Crippen molar-refractivity contribution in [3.8, 4) is 0 Å². The largest absolute Gasteiger partial charge is 0.462 e. The van der Waals surface area contributed by atoms with E-state index in [0.717, 1.165) is 89.9 Å². The number of allylic oxidation sites excluding steroid dienone is 22. The Bertz CT molecular complexity index is 1330. The number of carbonyl (C=O) groups is 2. The topological polar surface area (TPSA) is 61.8 Å². The Hall–Kier alpha value is -3.96. The Morgan fingerprint density at radius 3 is 1.16 bits per heavy atom. The molecule has 0 aliphatic heterocycles. The van der Waals surface area contributed by atoms with Gasteiger partial charge in [0.15, 0.2) is 6.10 Å². The molecule has 0 fully saturated rings. The van der Waals surface area contributed by atoms with Crippen LogP contribution in [0.25, 0.3) is 0 Å². The third kappa shape index (κ3) is 48.7. The van der Waals surface area contributed by atoms with Crippen LogP contribution in [0.4, 0.5) is 0 Å². The highest BCUT2D eigenvalue weighted by Crippen LogP contribution is 2.11. The molecule has 0 aromatic rings. The van der Waals surface area contributed by atoms with E-state index in [1.165, 1.54) is 51.4 Å².